The molecule has 25 heavy (non-hydrogen) atoms. The van der Waals surface area contributed by atoms with Crippen LogP contribution in [0.3, 0.4) is 0 Å². The number of carbonyl (C=O) groups is 2. The van der Waals surface area contributed by atoms with Crippen molar-refractivity contribution in [1.29, 1.82) is 0 Å². The van der Waals surface area contributed by atoms with Crippen LogP contribution in [0.4, 0.5) is 9.59 Å². The van der Waals surface area contributed by atoms with Crippen LogP contribution in [0, 0.1) is 0 Å². The molecule has 7 heteroatoms. The molecule has 0 spiro atoms. The minimum atomic E-state index is -0.783. The minimum Gasteiger partial charge on any atom is -0.444 e. The molecule has 0 N–H and O–H groups in total. The highest BCUT2D eigenvalue weighted by Gasteiger charge is 2.54. The zero-order chi connectivity index (χ0) is 18.0. The normalized spacial score (nSPS) is 26.5. The number of fused-ring (bicyclic) bond motifs is 1. The molecule has 1 aliphatic carbocycles. The summed E-state index contributed by atoms with van der Waals surface area (Å²) in [6.45, 7) is 3.90. The average molecular weight is 380 g/mol. The first kappa shape index (κ1) is 18.4. The molecule has 0 aromatic heterocycles. The van der Waals surface area contributed by atoms with Gasteiger partial charge in [0.25, 0.3) is 0 Å². The van der Waals surface area contributed by atoms with Gasteiger partial charge in [-0.15, -0.1) is 0 Å². The van der Waals surface area contributed by atoms with Crippen molar-refractivity contribution >= 4 is 34.1 Å². The van der Waals surface area contributed by atoms with Crippen molar-refractivity contribution in [3.05, 3.63) is 48.0 Å². The molecule has 5 nitrogen and oxygen atoms in total. The topological polar surface area (TPSA) is 55.8 Å². The Balaban J connectivity index is 1.73. The molecular formula is C18H21NO4S2. The molecule has 3 atom stereocenters. The molecule has 0 radical (unpaired) electrons. The fourth-order valence-electron chi connectivity index (χ4n) is 3.18. The molecule has 134 valence electrons. The number of thioether (sulfide) groups is 2. The Morgan fingerprint density at radius 3 is 2.64 bits per heavy atom. The first-order valence-electron chi connectivity index (χ1n) is 8.03. The van der Waals surface area contributed by atoms with E-state index < -0.39 is 11.8 Å². The quantitative estimate of drug-likeness (QED) is 0.731. The molecule has 1 aromatic rings. The molecule has 1 saturated heterocycles. The highest BCUT2D eigenvalue weighted by atomic mass is 32.2. The second-order valence-corrected chi connectivity index (χ2v) is 8.54. The fraction of sp³-hybridized carbons (Fsp3) is 0.444. The third-order valence-electron chi connectivity index (χ3n) is 4.27. The Hall–Kier alpha value is -1.44. The Labute approximate surface area is 156 Å². The van der Waals surface area contributed by atoms with Crippen molar-refractivity contribution in [1.82, 2.24) is 4.90 Å². The second kappa shape index (κ2) is 7.43. The molecule has 1 amide bonds. The molecule has 0 bridgehead atoms. The van der Waals surface area contributed by atoms with Gasteiger partial charge in [-0.1, -0.05) is 66.0 Å². The van der Waals surface area contributed by atoms with Crippen LogP contribution in [-0.4, -0.2) is 44.8 Å². The third-order valence-corrected chi connectivity index (χ3v) is 6.29. The average Bonchev–Trinajstić information content (AvgIpc) is 3.08. The van der Waals surface area contributed by atoms with Crippen LogP contribution >= 0.6 is 23.5 Å². The third kappa shape index (κ3) is 3.88. The molecule has 2 aliphatic rings. The van der Waals surface area contributed by atoms with E-state index in [4.69, 9.17) is 9.47 Å². The number of hydrogen-bond donors (Lipinski definition) is 0. The highest BCUT2D eigenvalue weighted by molar-refractivity contribution is 8.38. The van der Waals surface area contributed by atoms with E-state index in [2.05, 4.69) is 0 Å². The summed E-state index contributed by atoms with van der Waals surface area (Å²) in [6, 6.07) is 9.32. The van der Waals surface area contributed by atoms with E-state index in [1.54, 1.807) is 11.2 Å². The van der Waals surface area contributed by atoms with Crippen LogP contribution in [-0.2, 0) is 16.1 Å². The van der Waals surface area contributed by atoms with Crippen LogP contribution in [0.2, 0.25) is 0 Å². The van der Waals surface area contributed by atoms with Gasteiger partial charge in [-0.25, -0.2) is 4.79 Å². The highest BCUT2D eigenvalue weighted by Crippen LogP contribution is 2.43. The number of ether oxygens (including phenoxy) is 2. The van der Waals surface area contributed by atoms with E-state index in [0.29, 0.717) is 0 Å². The van der Waals surface area contributed by atoms with Gasteiger partial charge in [0.2, 0.25) is 4.45 Å². The number of carbonyl (C=O) groups excluding carboxylic acids is 2. The van der Waals surface area contributed by atoms with E-state index >= 15 is 0 Å². The predicted octanol–water partition coefficient (Wildman–Crippen LogP) is 4.28. The number of rotatable bonds is 3. The molecule has 0 saturated carbocycles. The van der Waals surface area contributed by atoms with Gasteiger partial charge in [0.15, 0.2) is 0 Å². The largest absolute Gasteiger partial charge is 0.444 e. The smallest absolute Gasteiger partial charge is 0.412 e. The SMILES string of the molecule is CSC(=O)S[C@H]1C=C[C@@H]2OC(C)(C)N(C(=O)OCc3ccccc3)[C@@H]21. The van der Waals surface area contributed by atoms with Crippen LogP contribution in [0.25, 0.3) is 0 Å². The van der Waals surface area contributed by atoms with Gasteiger partial charge < -0.3 is 9.47 Å². The number of hydrogen-bond acceptors (Lipinski definition) is 6. The first-order chi connectivity index (χ1) is 11.9. The van der Waals surface area contributed by atoms with E-state index in [1.807, 2.05) is 56.3 Å². The lowest BCUT2D eigenvalue weighted by molar-refractivity contribution is -0.0621. The summed E-state index contributed by atoms with van der Waals surface area (Å²) >= 11 is 2.41. The van der Waals surface area contributed by atoms with Crippen molar-refractivity contribution in [3.63, 3.8) is 0 Å². The van der Waals surface area contributed by atoms with E-state index in [-0.39, 0.29) is 28.4 Å². The van der Waals surface area contributed by atoms with Crippen molar-refractivity contribution in [2.45, 2.75) is 43.6 Å². The maximum Gasteiger partial charge on any atom is 0.412 e. The standard InChI is InChI=1S/C18H21NO4S2/c1-18(2)19(16(20)22-11-12-7-5-4-6-8-12)15-13(23-18)9-10-14(15)25-17(21)24-3/h4-10,13-15H,11H2,1-3H3/t13-,14-,15-/m0/s1. The van der Waals surface area contributed by atoms with E-state index in [1.165, 1.54) is 23.5 Å². The molecule has 0 unspecified atom stereocenters. The number of benzene rings is 1. The van der Waals surface area contributed by atoms with E-state index in [9.17, 15) is 9.59 Å². The summed E-state index contributed by atoms with van der Waals surface area (Å²) in [6.07, 6.45) is 4.99. The monoisotopic (exact) mass is 379 g/mol. The van der Waals surface area contributed by atoms with Gasteiger partial charge in [-0.3, -0.25) is 9.69 Å². The summed E-state index contributed by atoms with van der Waals surface area (Å²) < 4.78 is 11.6. The zero-order valence-electron chi connectivity index (χ0n) is 14.4. The van der Waals surface area contributed by atoms with Crippen LogP contribution < -0.4 is 0 Å². The van der Waals surface area contributed by atoms with Gasteiger partial charge in [0.05, 0.1) is 11.3 Å². The summed E-state index contributed by atoms with van der Waals surface area (Å²) in [5, 5.41) is -0.129. The number of amides is 1. The molecular weight excluding hydrogens is 358 g/mol. The van der Waals surface area contributed by atoms with Gasteiger partial charge in [-0.2, -0.15) is 0 Å². The minimum absolute atomic E-state index is 0.0256. The van der Waals surface area contributed by atoms with Gasteiger partial charge >= 0.3 is 6.09 Å². The lowest BCUT2D eigenvalue weighted by Crippen LogP contribution is -2.51. The van der Waals surface area contributed by atoms with Crippen LogP contribution in [0.1, 0.15) is 19.4 Å². The molecule has 1 fully saturated rings. The predicted molar refractivity (Wildman–Crippen MR) is 101 cm³/mol. The molecule has 1 aliphatic heterocycles. The summed E-state index contributed by atoms with van der Waals surface area (Å²) in [7, 11) is 0. The Morgan fingerprint density at radius 2 is 1.96 bits per heavy atom. The van der Waals surface area contributed by atoms with Crippen LogP contribution in [0.5, 0.6) is 0 Å². The maximum atomic E-state index is 12.8. The first-order valence-corrected chi connectivity index (χ1v) is 10.1. The fourth-order valence-corrected chi connectivity index (χ4v) is 4.71. The second-order valence-electron chi connectivity index (χ2n) is 6.35. The van der Waals surface area contributed by atoms with Gasteiger partial charge in [-0.05, 0) is 25.7 Å². The zero-order valence-corrected chi connectivity index (χ0v) is 16.0. The lowest BCUT2D eigenvalue weighted by atomic mass is 10.1. The van der Waals surface area contributed by atoms with Crippen molar-refractivity contribution < 1.29 is 19.1 Å². The van der Waals surface area contributed by atoms with Gasteiger partial charge in [0.1, 0.15) is 18.4 Å². The molecule has 1 heterocycles. The number of nitrogens with zero attached hydrogens (tertiary/aromatic N) is 1. The summed E-state index contributed by atoms with van der Waals surface area (Å²) in [5.74, 6) is 0. The Morgan fingerprint density at radius 1 is 1.24 bits per heavy atom. The summed E-state index contributed by atoms with van der Waals surface area (Å²) in [4.78, 5) is 26.2. The summed E-state index contributed by atoms with van der Waals surface area (Å²) in [5.41, 5.74) is 0.146. The Kier molecular flexibility index (Phi) is 5.46. The Bertz CT molecular complexity index is 677. The van der Waals surface area contributed by atoms with Crippen molar-refractivity contribution in [2.24, 2.45) is 0 Å². The lowest BCUT2D eigenvalue weighted by Gasteiger charge is -2.34. The van der Waals surface area contributed by atoms with Gasteiger partial charge in [0, 0.05) is 0 Å². The van der Waals surface area contributed by atoms with Crippen LogP contribution in [0.15, 0.2) is 42.5 Å². The van der Waals surface area contributed by atoms with E-state index in [0.717, 1.165) is 5.56 Å². The van der Waals surface area contributed by atoms with Crippen molar-refractivity contribution in [3.8, 4) is 0 Å². The molecule has 3 rings (SSSR count). The molecule has 1 aromatic carbocycles. The maximum absolute atomic E-state index is 12.8. The van der Waals surface area contributed by atoms with Crippen molar-refractivity contribution in [2.75, 3.05) is 6.26 Å².